The molecule has 2 rings (SSSR count). The maximum atomic E-state index is 14.2. The Morgan fingerprint density at radius 1 is 1.19 bits per heavy atom. The van der Waals surface area contributed by atoms with Crippen LogP contribution in [0.2, 0.25) is 0 Å². The Morgan fingerprint density at radius 3 is 2.56 bits per heavy atom. The predicted octanol–water partition coefficient (Wildman–Crippen LogP) is 3.70. The van der Waals surface area contributed by atoms with E-state index in [0.29, 0.717) is 0 Å². The molecule has 2 aromatic rings. The molecule has 0 aliphatic rings. The Morgan fingerprint density at radius 2 is 1.89 bits per heavy atom. The molecule has 27 heavy (non-hydrogen) atoms. The predicted molar refractivity (Wildman–Crippen MR) is 94.5 cm³/mol. The number of nitrogens with one attached hydrogen (secondary N) is 1. The molecule has 0 spiro atoms. The number of alkyl halides is 2. The molecule has 2 N–H and O–H groups in total. The summed E-state index contributed by atoms with van der Waals surface area (Å²) in [6, 6.07) is 7.07. The topological polar surface area (TPSA) is 79.3 Å². The van der Waals surface area contributed by atoms with Crippen LogP contribution >= 0.6 is 11.8 Å². The molecule has 1 aromatic heterocycles. The van der Waals surface area contributed by atoms with Gasteiger partial charge in [0.15, 0.2) is 0 Å². The van der Waals surface area contributed by atoms with Crippen LogP contribution in [0.1, 0.15) is 28.8 Å². The van der Waals surface area contributed by atoms with Gasteiger partial charge in [0.25, 0.3) is 11.8 Å². The number of pyridine rings is 1. The van der Waals surface area contributed by atoms with Crippen molar-refractivity contribution in [3.05, 3.63) is 59.5 Å². The monoisotopic (exact) mass is 398 g/mol. The molecule has 5 nitrogen and oxygen atoms in total. The third kappa shape index (κ3) is 6.28. The van der Waals surface area contributed by atoms with Gasteiger partial charge in [-0.25, -0.2) is 18.2 Å². The highest BCUT2D eigenvalue weighted by molar-refractivity contribution is 7.99. The largest absolute Gasteiger partial charge is 0.481 e. The number of rotatable bonds is 9. The van der Waals surface area contributed by atoms with E-state index >= 15 is 0 Å². The molecular weight excluding hydrogens is 381 g/mol. The number of carboxylic acids is 1. The lowest BCUT2D eigenvalue weighted by atomic mass is 10.1. The number of carboxylic acid groups (broad SMARTS) is 1. The SMILES string of the molecule is O=C(O)CCNC(=O)c1cccnc1SCCC(F)(F)c1ccc(F)cc1. The average Bonchev–Trinajstić information content (AvgIpc) is 2.62. The van der Waals surface area contributed by atoms with Crippen molar-refractivity contribution in [3.8, 4) is 0 Å². The van der Waals surface area contributed by atoms with Crippen LogP contribution in [0.25, 0.3) is 0 Å². The molecule has 1 heterocycles. The third-order valence-corrected chi connectivity index (χ3v) is 4.57. The molecule has 0 saturated heterocycles. The normalized spacial score (nSPS) is 11.2. The van der Waals surface area contributed by atoms with E-state index in [1.165, 1.54) is 18.3 Å². The molecule has 144 valence electrons. The number of hydrogen-bond donors (Lipinski definition) is 2. The van der Waals surface area contributed by atoms with E-state index in [-0.39, 0.29) is 34.9 Å². The van der Waals surface area contributed by atoms with E-state index in [4.69, 9.17) is 5.11 Å². The van der Waals surface area contributed by atoms with Gasteiger partial charge in [0, 0.05) is 30.5 Å². The third-order valence-electron chi connectivity index (χ3n) is 3.56. The second-order valence-corrected chi connectivity index (χ2v) is 6.65. The highest BCUT2D eigenvalue weighted by Gasteiger charge is 2.31. The van der Waals surface area contributed by atoms with Crippen molar-refractivity contribution in [2.45, 2.75) is 23.8 Å². The molecule has 0 bridgehead atoms. The smallest absolute Gasteiger partial charge is 0.305 e. The van der Waals surface area contributed by atoms with E-state index in [1.807, 2.05) is 0 Å². The summed E-state index contributed by atoms with van der Waals surface area (Å²) in [5.41, 5.74) is -0.0878. The Hall–Kier alpha value is -2.55. The zero-order valence-electron chi connectivity index (χ0n) is 14.1. The van der Waals surface area contributed by atoms with Crippen molar-refractivity contribution < 1.29 is 27.9 Å². The van der Waals surface area contributed by atoms with Crippen molar-refractivity contribution in [1.29, 1.82) is 0 Å². The van der Waals surface area contributed by atoms with Gasteiger partial charge in [-0.3, -0.25) is 9.59 Å². The molecule has 1 amide bonds. The quantitative estimate of drug-likeness (QED) is 0.630. The second kappa shape index (κ2) is 9.40. The van der Waals surface area contributed by atoms with Gasteiger partial charge in [0.05, 0.1) is 12.0 Å². The van der Waals surface area contributed by atoms with Crippen molar-refractivity contribution >= 4 is 23.6 Å². The first-order chi connectivity index (χ1) is 12.8. The number of nitrogens with zero attached hydrogens (tertiary/aromatic N) is 1. The Balaban J connectivity index is 1.96. The average molecular weight is 398 g/mol. The minimum atomic E-state index is -3.14. The number of benzene rings is 1. The number of halogens is 3. The summed E-state index contributed by atoms with van der Waals surface area (Å²) in [6.45, 7) is -0.0458. The van der Waals surface area contributed by atoms with Gasteiger partial charge in [0.2, 0.25) is 0 Å². The molecule has 0 unspecified atom stereocenters. The Labute approximate surface area is 158 Å². The molecule has 9 heteroatoms. The zero-order chi connectivity index (χ0) is 19.9. The van der Waals surface area contributed by atoms with E-state index < -0.39 is 30.0 Å². The van der Waals surface area contributed by atoms with Crippen LogP contribution in [-0.4, -0.2) is 34.3 Å². The highest BCUT2D eigenvalue weighted by Crippen LogP contribution is 2.34. The summed E-state index contributed by atoms with van der Waals surface area (Å²) in [5.74, 6) is -5.30. The van der Waals surface area contributed by atoms with Gasteiger partial charge in [0.1, 0.15) is 10.8 Å². The fourth-order valence-corrected chi connectivity index (χ4v) is 3.17. The highest BCUT2D eigenvalue weighted by atomic mass is 32.2. The van der Waals surface area contributed by atoms with Crippen LogP contribution in [0.15, 0.2) is 47.6 Å². The van der Waals surface area contributed by atoms with Gasteiger partial charge in [-0.2, -0.15) is 0 Å². The summed E-state index contributed by atoms with van der Waals surface area (Å²) in [4.78, 5) is 26.7. The number of aliphatic carboxylic acids is 1. The summed E-state index contributed by atoms with van der Waals surface area (Å²) in [7, 11) is 0. The van der Waals surface area contributed by atoms with Crippen LogP contribution in [-0.2, 0) is 10.7 Å². The Bertz CT molecular complexity index is 801. The van der Waals surface area contributed by atoms with Gasteiger partial charge >= 0.3 is 5.97 Å². The molecule has 0 radical (unpaired) electrons. The fourth-order valence-electron chi connectivity index (χ4n) is 2.17. The van der Waals surface area contributed by atoms with Crippen LogP contribution in [0.5, 0.6) is 0 Å². The van der Waals surface area contributed by atoms with Crippen LogP contribution in [0.4, 0.5) is 13.2 Å². The van der Waals surface area contributed by atoms with Crippen LogP contribution in [0, 0.1) is 5.82 Å². The number of hydrogen-bond acceptors (Lipinski definition) is 4. The Kier molecular flexibility index (Phi) is 7.23. The van der Waals surface area contributed by atoms with Gasteiger partial charge in [-0.05, 0) is 24.3 Å². The first kappa shape index (κ1) is 20.8. The first-order valence-electron chi connectivity index (χ1n) is 8.01. The molecule has 1 aromatic carbocycles. The summed E-state index contributed by atoms with van der Waals surface area (Å²) in [5, 5.41) is 11.3. The minimum absolute atomic E-state index is 0.0171. The summed E-state index contributed by atoms with van der Waals surface area (Å²) >= 11 is 0.997. The lowest BCUT2D eigenvalue weighted by Gasteiger charge is -2.16. The molecule has 0 saturated carbocycles. The van der Waals surface area contributed by atoms with Gasteiger partial charge in [-0.1, -0.05) is 12.1 Å². The maximum Gasteiger partial charge on any atom is 0.305 e. The number of carbonyl (C=O) groups is 2. The maximum absolute atomic E-state index is 14.2. The fraction of sp³-hybridized carbons (Fsp3) is 0.278. The van der Waals surface area contributed by atoms with Crippen molar-refractivity contribution in [2.75, 3.05) is 12.3 Å². The molecule has 0 aliphatic heterocycles. The first-order valence-corrected chi connectivity index (χ1v) is 9.00. The zero-order valence-corrected chi connectivity index (χ0v) is 14.9. The van der Waals surface area contributed by atoms with Gasteiger partial charge < -0.3 is 10.4 Å². The van der Waals surface area contributed by atoms with E-state index in [1.54, 1.807) is 0 Å². The summed E-state index contributed by atoms with van der Waals surface area (Å²) in [6.07, 6.45) is 0.701. The number of thioether (sulfide) groups is 1. The molecule has 0 fully saturated rings. The van der Waals surface area contributed by atoms with E-state index in [9.17, 15) is 22.8 Å². The lowest BCUT2D eigenvalue weighted by Crippen LogP contribution is -2.26. The molecule has 0 aliphatic carbocycles. The van der Waals surface area contributed by atoms with Crippen LogP contribution < -0.4 is 5.32 Å². The van der Waals surface area contributed by atoms with E-state index in [2.05, 4.69) is 10.3 Å². The lowest BCUT2D eigenvalue weighted by molar-refractivity contribution is -0.136. The number of aromatic nitrogens is 1. The second-order valence-electron chi connectivity index (χ2n) is 5.57. The number of carbonyl (C=O) groups excluding carboxylic acids is 1. The molecule has 0 atom stereocenters. The van der Waals surface area contributed by atoms with Crippen molar-refractivity contribution in [3.63, 3.8) is 0 Å². The van der Waals surface area contributed by atoms with Gasteiger partial charge in [-0.15, -0.1) is 11.8 Å². The molecular formula is C18H17F3N2O3S. The minimum Gasteiger partial charge on any atom is -0.481 e. The number of amides is 1. The van der Waals surface area contributed by atoms with Crippen LogP contribution in [0.3, 0.4) is 0 Å². The standard InChI is InChI=1S/C18H17F3N2O3S/c19-13-5-3-12(4-6-13)18(20,21)8-11-27-17-14(2-1-9-23-17)16(26)22-10-7-15(24)25/h1-6,9H,7-8,10-11H2,(H,22,26)(H,24,25). The van der Waals surface area contributed by atoms with Crippen molar-refractivity contribution in [2.24, 2.45) is 0 Å². The van der Waals surface area contributed by atoms with Crippen molar-refractivity contribution in [1.82, 2.24) is 10.3 Å². The van der Waals surface area contributed by atoms with E-state index in [0.717, 1.165) is 36.0 Å². The summed E-state index contributed by atoms with van der Waals surface area (Å²) < 4.78 is 41.3.